The molecule has 2 saturated heterocycles. The summed E-state index contributed by atoms with van der Waals surface area (Å²) in [6.45, 7) is 6.31. The average Bonchev–Trinajstić information content (AvgIpc) is 2.66. The lowest BCUT2D eigenvalue weighted by atomic mass is 9.77. The zero-order valence-electron chi connectivity index (χ0n) is 13.9. The maximum atomic E-state index is 12.3. The maximum absolute atomic E-state index is 12.3. The number of hydrogen-bond donors (Lipinski definition) is 0. The third kappa shape index (κ3) is 2.47. The van der Waals surface area contributed by atoms with Crippen molar-refractivity contribution in [1.29, 1.82) is 0 Å². The lowest BCUT2D eigenvalue weighted by molar-refractivity contribution is -0.124. The molecule has 0 aromatic heterocycles. The van der Waals surface area contributed by atoms with Gasteiger partial charge in [0, 0.05) is 31.2 Å². The summed E-state index contributed by atoms with van der Waals surface area (Å²) < 4.78 is 11.2. The number of carbonyl (C=O) groups excluding carboxylic acids is 1. The van der Waals surface area contributed by atoms with Gasteiger partial charge in [-0.15, -0.1) is 0 Å². The van der Waals surface area contributed by atoms with Gasteiger partial charge in [0.2, 0.25) is 5.91 Å². The Labute approximate surface area is 137 Å². The number of hydrogen-bond acceptors (Lipinski definition) is 4. The minimum atomic E-state index is -0.107. The van der Waals surface area contributed by atoms with Crippen molar-refractivity contribution in [2.24, 2.45) is 11.3 Å². The third-order valence-electron chi connectivity index (χ3n) is 5.55. The molecule has 4 rings (SSSR count). The zero-order valence-corrected chi connectivity index (χ0v) is 13.9. The Kier molecular flexibility index (Phi) is 3.48. The monoisotopic (exact) mass is 316 g/mol. The number of rotatable bonds is 1. The number of piperidine rings is 1. The molecule has 1 atom stereocenters. The lowest BCUT2D eigenvalue weighted by Gasteiger charge is -2.47. The number of fused-ring (bicyclic) bond motifs is 1. The Morgan fingerprint density at radius 3 is 2.61 bits per heavy atom. The molecule has 3 heterocycles. The van der Waals surface area contributed by atoms with Crippen LogP contribution in [0.3, 0.4) is 0 Å². The fraction of sp³-hybridized carbons (Fsp3) is 0.611. The maximum Gasteiger partial charge on any atom is 0.233 e. The second kappa shape index (κ2) is 5.41. The van der Waals surface area contributed by atoms with Crippen LogP contribution >= 0.6 is 0 Å². The van der Waals surface area contributed by atoms with Gasteiger partial charge in [-0.05, 0) is 31.0 Å². The van der Waals surface area contributed by atoms with Crippen LogP contribution in [0.2, 0.25) is 0 Å². The number of anilines is 2. The molecule has 1 spiro atoms. The Hall–Kier alpha value is -1.75. The van der Waals surface area contributed by atoms with Crippen LogP contribution in [-0.4, -0.2) is 45.9 Å². The first-order valence-corrected chi connectivity index (χ1v) is 8.45. The largest absolute Gasteiger partial charge is 0.491 e. The average molecular weight is 316 g/mol. The number of nitrogens with zero attached hydrogens (tertiary/aromatic N) is 2. The highest BCUT2D eigenvalue weighted by Crippen LogP contribution is 2.41. The lowest BCUT2D eigenvalue weighted by Crippen LogP contribution is -2.50. The number of ether oxygens (including phenoxy) is 2. The van der Waals surface area contributed by atoms with E-state index >= 15 is 0 Å². The smallest absolute Gasteiger partial charge is 0.233 e. The van der Waals surface area contributed by atoms with Crippen LogP contribution in [0.4, 0.5) is 11.4 Å². The highest BCUT2D eigenvalue weighted by atomic mass is 16.5. The van der Waals surface area contributed by atoms with Crippen LogP contribution < -0.4 is 14.5 Å². The predicted octanol–water partition coefficient (Wildman–Crippen LogP) is 2.29. The molecule has 0 aliphatic carbocycles. The van der Waals surface area contributed by atoms with Crippen LogP contribution in [-0.2, 0) is 9.53 Å². The van der Waals surface area contributed by atoms with Crippen LogP contribution in [0.1, 0.15) is 19.8 Å². The summed E-state index contributed by atoms with van der Waals surface area (Å²) in [6, 6.07) is 6.21. The number of carbonyl (C=O) groups is 1. The molecule has 3 aliphatic rings. The molecule has 0 unspecified atom stereocenters. The molecule has 1 aromatic carbocycles. The summed E-state index contributed by atoms with van der Waals surface area (Å²) in [6.07, 6.45) is 2.37. The molecule has 23 heavy (non-hydrogen) atoms. The van der Waals surface area contributed by atoms with Gasteiger partial charge in [0.25, 0.3) is 0 Å². The molecular weight excluding hydrogens is 292 g/mol. The zero-order chi connectivity index (χ0) is 16.0. The van der Waals surface area contributed by atoms with Crippen LogP contribution in [0.15, 0.2) is 18.2 Å². The SMILES string of the molecule is C[C@H]1COc2ccc(N3CCC4(CC3)COC4)cc2N(C)C1=O. The van der Waals surface area contributed by atoms with E-state index in [1.54, 1.807) is 4.90 Å². The normalized spacial score (nSPS) is 26.3. The minimum Gasteiger partial charge on any atom is -0.491 e. The van der Waals surface area contributed by atoms with E-state index in [0.717, 1.165) is 37.7 Å². The van der Waals surface area contributed by atoms with Crippen molar-refractivity contribution in [2.75, 3.05) is 49.8 Å². The summed E-state index contributed by atoms with van der Waals surface area (Å²) in [5.74, 6) is 0.809. The molecule has 0 radical (unpaired) electrons. The standard InChI is InChI=1S/C18H24N2O3/c1-13-10-23-16-4-3-14(9-15(16)19(2)17(13)21)20-7-5-18(6-8-20)11-22-12-18/h3-4,9,13H,5-8,10-12H2,1-2H3/t13-/m0/s1. The van der Waals surface area contributed by atoms with Crippen LogP contribution in [0.25, 0.3) is 0 Å². The van der Waals surface area contributed by atoms with Gasteiger partial charge in [0.15, 0.2) is 0 Å². The molecule has 124 valence electrons. The number of amides is 1. The molecular formula is C18H24N2O3. The summed E-state index contributed by atoms with van der Waals surface area (Å²) >= 11 is 0. The second-order valence-corrected chi connectivity index (χ2v) is 7.24. The van der Waals surface area contributed by atoms with E-state index in [1.807, 2.05) is 20.0 Å². The van der Waals surface area contributed by atoms with E-state index in [0.29, 0.717) is 12.0 Å². The van der Waals surface area contributed by atoms with E-state index in [-0.39, 0.29) is 11.8 Å². The van der Waals surface area contributed by atoms with Crippen molar-refractivity contribution in [3.63, 3.8) is 0 Å². The third-order valence-corrected chi connectivity index (χ3v) is 5.55. The number of benzene rings is 1. The van der Waals surface area contributed by atoms with Crippen molar-refractivity contribution < 1.29 is 14.3 Å². The molecule has 5 nitrogen and oxygen atoms in total. The van der Waals surface area contributed by atoms with Crippen LogP contribution in [0, 0.1) is 11.3 Å². The van der Waals surface area contributed by atoms with Gasteiger partial charge in [-0.3, -0.25) is 4.79 Å². The van der Waals surface area contributed by atoms with Gasteiger partial charge in [-0.1, -0.05) is 6.92 Å². The van der Waals surface area contributed by atoms with E-state index < -0.39 is 0 Å². The second-order valence-electron chi connectivity index (χ2n) is 7.24. The first-order chi connectivity index (χ1) is 11.1. The fourth-order valence-electron chi connectivity index (χ4n) is 3.74. The van der Waals surface area contributed by atoms with E-state index in [2.05, 4.69) is 17.0 Å². The Morgan fingerprint density at radius 2 is 1.96 bits per heavy atom. The molecule has 1 aromatic rings. The van der Waals surface area contributed by atoms with Crippen LogP contribution in [0.5, 0.6) is 5.75 Å². The van der Waals surface area contributed by atoms with E-state index in [1.165, 1.54) is 18.5 Å². The molecule has 5 heteroatoms. The van der Waals surface area contributed by atoms with Crippen molar-refractivity contribution in [1.82, 2.24) is 0 Å². The summed E-state index contributed by atoms with van der Waals surface area (Å²) in [5, 5.41) is 0. The summed E-state index contributed by atoms with van der Waals surface area (Å²) in [5.41, 5.74) is 2.49. The quantitative estimate of drug-likeness (QED) is 0.797. The minimum absolute atomic E-state index is 0.107. The van der Waals surface area contributed by atoms with Crippen molar-refractivity contribution in [2.45, 2.75) is 19.8 Å². The Bertz CT molecular complexity index is 617. The van der Waals surface area contributed by atoms with E-state index in [4.69, 9.17) is 9.47 Å². The first kappa shape index (κ1) is 14.8. The van der Waals surface area contributed by atoms with Gasteiger partial charge in [0.1, 0.15) is 5.75 Å². The molecule has 2 fully saturated rings. The highest BCUT2D eigenvalue weighted by molar-refractivity contribution is 5.97. The van der Waals surface area contributed by atoms with Gasteiger partial charge in [-0.2, -0.15) is 0 Å². The van der Waals surface area contributed by atoms with Crippen molar-refractivity contribution >= 4 is 17.3 Å². The molecule has 0 saturated carbocycles. The van der Waals surface area contributed by atoms with E-state index in [9.17, 15) is 4.79 Å². The Balaban J connectivity index is 1.56. The summed E-state index contributed by atoms with van der Waals surface area (Å²) in [7, 11) is 1.84. The molecule has 0 bridgehead atoms. The Morgan fingerprint density at radius 1 is 1.22 bits per heavy atom. The summed E-state index contributed by atoms with van der Waals surface area (Å²) in [4.78, 5) is 16.5. The van der Waals surface area contributed by atoms with Gasteiger partial charge in [0.05, 0.1) is 31.4 Å². The first-order valence-electron chi connectivity index (χ1n) is 8.45. The molecule has 3 aliphatic heterocycles. The predicted molar refractivity (Wildman–Crippen MR) is 89.2 cm³/mol. The van der Waals surface area contributed by atoms with Gasteiger partial charge in [-0.25, -0.2) is 0 Å². The molecule has 1 amide bonds. The highest BCUT2D eigenvalue weighted by Gasteiger charge is 2.41. The van der Waals surface area contributed by atoms with Gasteiger partial charge < -0.3 is 19.3 Å². The molecule has 0 N–H and O–H groups in total. The van der Waals surface area contributed by atoms with Crippen molar-refractivity contribution in [3.05, 3.63) is 18.2 Å². The fourth-order valence-corrected chi connectivity index (χ4v) is 3.74. The topological polar surface area (TPSA) is 42.0 Å². The van der Waals surface area contributed by atoms with Gasteiger partial charge >= 0.3 is 0 Å². The van der Waals surface area contributed by atoms with Crippen molar-refractivity contribution in [3.8, 4) is 5.75 Å².